The first kappa shape index (κ1) is 13.6. The van der Waals surface area contributed by atoms with Crippen LogP contribution in [0.3, 0.4) is 0 Å². The third-order valence-corrected chi connectivity index (χ3v) is 4.20. The van der Waals surface area contributed by atoms with Gasteiger partial charge in [0.2, 0.25) is 0 Å². The minimum atomic E-state index is 0.228. The summed E-state index contributed by atoms with van der Waals surface area (Å²) in [6.07, 6.45) is 3.60. The number of aromatic nitrogens is 2. The van der Waals surface area contributed by atoms with Crippen LogP contribution in [0, 0.1) is 12.3 Å². The molecule has 1 aromatic rings. The number of hydrogen-bond acceptors (Lipinski definition) is 3. The standard InChI is InChI=1S/C14H25N3O/c1-6-18-13-7-12(14(13,3)4)15-8-11-9-17(5)16-10(11)2/h9,12-13,15H,6-8H2,1-5H3. The minimum absolute atomic E-state index is 0.228. The Morgan fingerprint density at radius 1 is 1.56 bits per heavy atom. The van der Waals surface area contributed by atoms with E-state index in [-0.39, 0.29) is 5.41 Å². The van der Waals surface area contributed by atoms with Gasteiger partial charge in [0.25, 0.3) is 0 Å². The van der Waals surface area contributed by atoms with Crippen molar-refractivity contribution in [2.75, 3.05) is 6.61 Å². The van der Waals surface area contributed by atoms with Crippen molar-refractivity contribution in [3.05, 3.63) is 17.5 Å². The molecule has 0 bridgehead atoms. The van der Waals surface area contributed by atoms with Gasteiger partial charge >= 0.3 is 0 Å². The fourth-order valence-electron chi connectivity index (χ4n) is 2.77. The van der Waals surface area contributed by atoms with Gasteiger partial charge in [-0.05, 0) is 20.3 Å². The molecule has 1 heterocycles. The van der Waals surface area contributed by atoms with E-state index in [1.165, 1.54) is 5.56 Å². The Morgan fingerprint density at radius 3 is 2.78 bits per heavy atom. The SMILES string of the molecule is CCOC1CC(NCc2cn(C)nc2C)C1(C)C. The van der Waals surface area contributed by atoms with Gasteiger partial charge in [-0.25, -0.2) is 0 Å². The van der Waals surface area contributed by atoms with E-state index in [1.54, 1.807) is 0 Å². The first-order valence-corrected chi connectivity index (χ1v) is 6.79. The van der Waals surface area contributed by atoms with Crippen LogP contribution in [0.15, 0.2) is 6.20 Å². The summed E-state index contributed by atoms with van der Waals surface area (Å²) in [6.45, 7) is 10.4. The van der Waals surface area contributed by atoms with Crippen LogP contribution in [-0.4, -0.2) is 28.5 Å². The van der Waals surface area contributed by atoms with Crippen LogP contribution in [0.1, 0.15) is 38.4 Å². The van der Waals surface area contributed by atoms with Crippen LogP contribution < -0.4 is 5.32 Å². The molecule has 0 spiro atoms. The van der Waals surface area contributed by atoms with Crippen LogP contribution in [-0.2, 0) is 18.3 Å². The van der Waals surface area contributed by atoms with E-state index in [1.807, 2.05) is 11.7 Å². The molecular formula is C14H25N3O. The van der Waals surface area contributed by atoms with Crippen molar-refractivity contribution in [3.63, 3.8) is 0 Å². The second kappa shape index (κ2) is 5.02. The highest BCUT2D eigenvalue weighted by molar-refractivity contribution is 5.15. The summed E-state index contributed by atoms with van der Waals surface area (Å²) in [5.74, 6) is 0. The maximum atomic E-state index is 5.75. The lowest BCUT2D eigenvalue weighted by atomic mass is 9.64. The third-order valence-electron chi connectivity index (χ3n) is 4.20. The molecule has 0 aromatic carbocycles. The molecule has 1 aromatic heterocycles. The smallest absolute Gasteiger partial charge is 0.0655 e. The Balaban J connectivity index is 1.87. The van der Waals surface area contributed by atoms with Gasteiger partial charge in [-0.2, -0.15) is 5.10 Å². The van der Waals surface area contributed by atoms with Crippen LogP contribution >= 0.6 is 0 Å². The van der Waals surface area contributed by atoms with Crippen LogP contribution in [0.5, 0.6) is 0 Å². The molecule has 18 heavy (non-hydrogen) atoms. The Morgan fingerprint density at radius 2 is 2.28 bits per heavy atom. The van der Waals surface area contributed by atoms with Crippen molar-refractivity contribution in [2.24, 2.45) is 12.5 Å². The van der Waals surface area contributed by atoms with Crippen molar-refractivity contribution in [1.29, 1.82) is 0 Å². The average molecular weight is 251 g/mol. The zero-order chi connectivity index (χ0) is 13.3. The second-order valence-electron chi connectivity index (χ2n) is 5.85. The van der Waals surface area contributed by atoms with E-state index in [0.717, 1.165) is 25.3 Å². The maximum absolute atomic E-state index is 5.75. The molecule has 1 aliphatic rings. The van der Waals surface area contributed by atoms with Gasteiger partial charge in [0.1, 0.15) is 0 Å². The molecule has 4 nitrogen and oxygen atoms in total. The molecule has 0 aliphatic heterocycles. The highest BCUT2D eigenvalue weighted by atomic mass is 16.5. The molecule has 1 fully saturated rings. The van der Waals surface area contributed by atoms with Gasteiger partial charge in [0.15, 0.2) is 0 Å². The molecule has 102 valence electrons. The monoisotopic (exact) mass is 251 g/mol. The average Bonchev–Trinajstić information content (AvgIpc) is 2.61. The van der Waals surface area contributed by atoms with Crippen LogP contribution in [0.2, 0.25) is 0 Å². The summed E-state index contributed by atoms with van der Waals surface area (Å²) in [6, 6.07) is 0.536. The number of nitrogens with zero attached hydrogens (tertiary/aromatic N) is 2. The van der Waals surface area contributed by atoms with Gasteiger partial charge in [0.05, 0.1) is 11.8 Å². The zero-order valence-electron chi connectivity index (χ0n) is 12.2. The van der Waals surface area contributed by atoms with Crippen molar-refractivity contribution >= 4 is 0 Å². The molecule has 2 rings (SSSR count). The predicted molar refractivity (Wildman–Crippen MR) is 72.4 cm³/mol. The summed E-state index contributed by atoms with van der Waals surface area (Å²) in [7, 11) is 1.97. The van der Waals surface area contributed by atoms with E-state index in [4.69, 9.17) is 4.74 Å². The molecule has 1 N–H and O–H groups in total. The quantitative estimate of drug-likeness (QED) is 0.870. The first-order valence-electron chi connectivity index (χ1n) is 6.79. The van der Waals surface area contributed by atoms with Gasteiger partial charge in [-0.1, -0.05) is 13.8 Å². The predicted octanol–water partition coefficient (Wildman–Crippen LogP) is 2.02. The van der Waals surface area contributed by atoms with E-state index in [0.29, 0.717) is 12.1 Å². The topological polar surface area (TPSA) is 39.1 Å². The number of ether oxygens (including phenoxy) is 1. The molecule has 1 aliphatic carbocycles. The number of nitrogens with one attached hydrogen (secondary N) is 1. The molecule has 0 amide bonds. The lowest BCUT2D eigenvalue weighted by Crippen LogP contribution is -2.60. The van der Waals surface area contributed by atoms with E-state index in [9.17, 15) is 0 Å². The molecular weight excluding hydrogens is 226 g/mol. The second-order valence-corrected chi connectivity index (χ2v) is 5.85. The highest BCUT2D eigenvalue weighted by Gasteiger charge is 2.48. The molecule has 2 atom stereocenters. The lowest BCUT2D eigenvalue weighted by Gasteiger charge is -2.52. The molecule has 0 saturated heterocycles. The minimum Gasteiger partial charge on any atom is -0.378 e. The summed E-state index contributed by atoms with van der Waals surface area (Å²) < 4.78 is 7.62. The lowest BCUT2D eigenvalue weighted by molar-refractivity contribution is -0.114. The van der Waals surface area contributed by atoms with Crippen LogP contribution in [0.25, 0.3) is 0 Å². The fourth-order valence-corrected chi connectivity index (χ4v) is 2.77. The molecule has 1 saturated carbocycles. The number of aryl methyl sites for hydroxylation is 2. The van der Waals surface area contributed by atoms with E-state index in [2.05, 4.69) is 44.3 Å². The largest absolute Gasteiger partial charge is 0.378 e. The van der Waals surface area contributed by atoms with Gasteiger partial charge in [-0.15, -0.1) is 0 Å². The van der Waals surface area contributed by atoms with Crippen LogP contribution in [0.4, 0.5) is 0 Å². The Kier molecular flexibility index (Phi) is 3.78. The normalized spacial score (nSPS) is 26.1. The van der Waals surface area contributed by atoms with Gasteiger partial charge in [-0.3, -0.25) is 4.68 Å². The van der Waals surface area contributed by atoms with E-state index >= 15 is 0 Å². The molecule has 2 unspecified atom stereocenters. The van der Waals surface area contributed by atoms with Gasteiger partial charge < -0.3 is 10.1 Å². The van der Waals surface area contributed by atoms with Crippen molar-refractivity contribution < 1.29 is 4.74 Å². The number of hydrogen-bond donors (Lipinski definition) is 1. The van der Waals surface area contributed by atoms with E-state index < -0.39 is 0 Å². The Labute approximate surface area is 110 Å². The summed E-state index contributed by atoms with van der Waals surface area (Å²) in [5.41, 5.74) is 2.63. The first-order chi connectivity index (χ1) is 8.45. The van der Waals surface area contributed by atoms with Crippen molar-refractivity contribution in [3.8, 4) is 0 Å². The van der Waals surface area contributed by atoms with Gasteiger partial charge in [0, 0.05) is 43.4 Å². The highest BCUT2D eigenvalue weighted by Crippen LogP contribution is 2.42. The van der Waals surface area contributed by atoms with Crippen molar-refractivity contribution in [1.82, 2.24) is 15.1 Å². The number of rotatable bonds is 5. The molecule has 0 radical (unpaired) electrons. The summed E-state index contributed by atoms with van der Waals surface area (Å²) in [4.78, 5) is 0. The Hall–Kier alpha value is -0.870. The molecule has 4 heteroatoms. The maximum Gasteiger partial charge on any atom is 0.0655 e. The fraction of sp³-hybridized carbons (Fsp3) is 0.786. The Bertz CT molecular complexity index is 411. The van der Waals surface area contributed by atoms with Crippen molar-refractivity contribution in [2.45, 2.75) is 52.8 Å². The third kappa shape index (κ3) is 2.45. The summed E-state index contributed by atoms with van der Waals surface area (Å²) >= 11 is 0. The summed E-state index contributed by atoms with van der Waals surface area (Å²) in [5, 5.41) is 8.00. The zero-order valence-corrected chi connectivity index (χ0v) is 12.2.